The van der Waals surface area contributed by atoms with E-state index in [0.717, 1.165) is 34.0 Å². The van der Waals surface area contributed by atoms with E-state index in [1.165, 1.54) is 0 Å². The standard InChI is InChI=1S/C27H23N3O3/c1-33-22-13-7-19(8-14-22)16-24-27(32)30-17-25(20-9-11-21(31)12-10-20)28-23(26(30)29-24)15-18-5-3-2-4-6-18/h2-14,17,24,31H,15-16H2,1H3/p+1. The van der Waals surface area contributed by atoms with Crippen LogP contribution in [-0.2, 0) is 12.8 Å². The van der Waals surface area contributed by atoms with Gasteiger partial charge in [0.25, 0.3) is 0 Å². The molecule has 6 nitrogen and oxygen atoms in total. The first kappa shape index (κ1) is 20.7. The summed E-state index contributed by atoms with van der Waals surface area (Å²) < 4.78 is 6.92. The number of methoxy groups -OCH3 is 1. The van der Waals surface area contributed by atoms with Crippen LogP contribution in [0.3, 0.4) is 0 Å². The van der Waals surface area contributed by atoms with Gasteiger partial charge < -0.3 is 9.84 Å². The molecule has 1 aliphatic rings. The zero-order valence-corrected chi connectivity index (χ0v) is 18.2. The molecule has 5 rings (SSSR count). The third kappa shape index (κ3) is 4.28. The molecule has 164 valence electrons. The molecular weight excluding hydrogens is 414 g/mol. The molecule has 2 heterocycles. The molecule has 0 amide bonds. The average molecular weight is 439 g/mol. The van der Waals surface area contributed by atoms with Crippen LogP contribution in [0.5, 0.6) is 11.5 Å². The quantitative estimate of drug-likeness (QED) is 0.445. The SMILES string of the molecule is COc1ccc(CC2Nc3c(Cc4ccccc4)nc(-c4ccc(O)cc4)c[n+]3C2=O)cc1. The molecule has 2 N–H and O–H groups in total. The van der Waals surface area contributed by atoms with Gasteiger partial charge in [0.2, 0.25) is 0 Å². The van der Waals surface area contributed by atoms with E-state index in [1.807, 2.05) is 42.5 Å². The van der Waals surface area contributed by atoms with Crippen LogP contribution in [0.25, 0.3) is 11.3 Å². The number of phenols is 1. The predicted octanol–water partition coefficient (Wildman–Crippen LogP) is 4.02. The second-order valence-corrected chi connectivity index (χ2v) is 8.09. The van der Waals surface area contributed by atoms with Crippen LogP contribution in [0.2, 0.25) is 0 Å². The number of phenolic OH excluding ortho intramolecular Hbond substituents is 1. The number of rotatable bonds is 6. The van der Waals surface area contributed by atoms with E-state index < -0.39 is 0 Å². The van der Waals surface area contributed by atoms with Crippen molar-refractivity contribution in [2.75, 3.05) is 12.4 Å². The van der Waals surface area contributed by atoms with Crippen molar-refractivity contribution in [3.63, 3.8) is 0 Å². The number of benzene rings is 3. The highest BCUT2D eigenvalue weighted by molar-refractivity contribution is 5.82. The number of aromatic nitrogens is 2. The smallest absolute Gasteiger partial charge is 0.359 e. The lowest BCUT2D eigenvalue weighted by molar-refractivity contribution is -0.552. The molecule has 3 aromatic carbocycles. The number of nitrogens with zero attached hydrogens (tertiary/aromatic N) is 2. The summed E-state index contributed by atoms with van der Waals surface area (Å²) in [5.41, 5.74) is 4.49. The number of aromatic hydroxyl groups is 1. The number of hydrogen-bond donors (Lipinski definition) is 2. The number of carbonyl (C=O) groups excluding carboxylic acids is 1. The van der Waals surface area contributed by atoms with Crippen LogP contribution in [0.1, 0.15) is 21.6 Å². The lowest BCUT2D eigenvalue weighted by Gasteiger charge is -2.07. The maximum absolute atomic E-state index is 13.4. The van der Waals surface area contributed by atoms with Crippen LogP contribution in [0.15, 0.2) is 85.1 Å². The molecule has 4 aromatic rings. The Morgan fingerprint density at radius 3 is 2.39 bits per heavy atom. The molecule has 1 atom stereocenters. The minimum atomic E-state index is -0.384. The van der Waals surface area contributed by atoms with E-state index >= 15 is 0 Å². The van der Waals surface area contributed by atoms with Gasteiger partial charge in [-0.2, -0.15) is 4.57 Å². The fraction of sp³-hybridized carbons (Fsp3) is 0.148. The Morgan fingerprint density at radius 1 is 0.970 bits per heavy atom. The van der Waals surface area contributed by atoms with E-state index in [0.29, 0.717) is 18.5 Å². The number of anilines is 1. The summed E-state index contributed by atoms with van der Waals surface area (Å²) in [5, 5.41) is 13.1. The maximum Gasteiger partial charge on any atom is 0.359 e. The minimum absolute atomic E-state index is 0.0161. The lowest BCUT2D eigenvalue weighted by Crippen LogP contribution is -2.44. The Hall–Kier alpha value is -4.19. The first-order valence-corrected chi connectivity index (χ1v) is 10.8. The van der Waals surface area contributed by atoms with Crippen LogP contribution in [0.4, 0.5) is 5.82 Å². The third-order valence-corrected chi connectivity index (χ3v) is 5.84. The monoisotopic (exact) mass is 438 g/mol. The van der Waals surface area contributed by atoms with Gasteiger partial charge in [-0.15, -0.1) is 0 Å². The van der Waals surface area contributed by atoms with Crippen molar-refractivity contribution in [2.24, 2.45) is 0 Å². The molecule has 0 radical (unpaired) electrons. The molecule has 1 aliphatic heterocycles. The van der Waals surface area contributed by atoms with Crippen LogP contribution in [0, 0.1) is 0 Å². The minimum Gasteiger partial charge on any atom is -0.508 e. The van der Waals surface area contributed by atoms with E-state index in [4.69, 9.17) is 9.72 Å². The number of carbonyl (C=O) groups is 1. The van der Waals surface area contributed by atoms with E-state index in [1.54, 1.807) is 42.1 Å². The number of hydrogen-bond acceptors (Lipinski definition) is 5. The predicted molar refractivity (Wildman–Crippen MR) is 126 cm³/mol. The molecular formula is C27H24N3O3+. The molecule has 0 bridgehead atoms. The van der Waals surface area contributed by atoms with Gasteiger partial charge in [0.1, 0.15) is 29.1 Å². The highest BCUT2D eigenvalue weighted by Crippen LogP contribution is 2.26. The highest BCUT2D eigenvalue weighted by Gasteiger charge is 2.41. The van der Waals surface area contributed by atoms with Crippen molar-refractivity contribution in [3.05, 3.63) is 102 Å². The van der Waals surface area contributed by atoms with Crippen molar-refractivity contribution in [3.8, 4) is 22.8 Å². The van der Waals surface area contributed by atoms with Crippen LogP contribution < -0.4 is 14.6 Å². The van der Waals surface area contributed by atoms with Gasteiger partial charge in [-0.05, 0) is 47.5 Å². The Labute approximate surface area is 192 Å². The summed E-state index contributed by atoms with van der Waals surface area (Å²) in [6.45, 7) is 0. The normalized spacial score (nSPS) is 14.6. The van der Waals surface area contributed by atoms with Gasteiger partial charge in [0, 0.05) is 18.4 Å². The molecule has 0 fully saturated rings. The molecule has 0 spiro atoms. The molecule has 33 heavy (non-hydrogen) atoms. The van der Waals surface area contributed by atoms with Gasteiger partial charge in [-0.1, -0.05) is 42.5 Å². The van der Waals surface area contributed by atoms with Gasteiger partial charge in [0.05, 0.1) is 7.11 Å². The summed E-state index contributed by atoms with van der Waals surface area (Å²) in [7, 11) is 1.64. The van der Waals surface area contributed by atoms with Crippen molar-refractivity contribution in [1.82, 2.24) is 4.98 Å². The number of fused-ring (bicyclic) bond motifs is 1. The van der Waals surface area contributed by atoms with Gasteiger partial charge in [0.15, 0.2) is 6.04 Å². The summed E-state index contributed by atoms with van der Waals surface area (Å²) in [6, 6.07) is 24.3. The maximum atomic E-state index is 13.4. The third-order valence-electron chi connectivity index (χ3n) is 5.84. The van der Waals surface area contributed by atoms with E-state index in [2.05, 4.69) is 17.4 Å². The Balaban J connectivity index is 1.51. The second-order valence-electron chi connectivity index (χ2n) is 8.09. The van der Waals surface area contributed by atoms with Crippen molar-refractivity contribution >= 4 is 11.7 Å². The van der Waals surface area contributed by atoms with Crippen molar-refractivity contribution in [2.45, 2.75) is 18.9 Å². The summed E-state index contributed by atoms with van der Waals surface area (Å²) in [4.78, 5) is 18.3. The largest absolute Gasteiger partial charge is 0.508 e. The Bertz CT molecular complexity index is 1290. The Morgan fingerprint density at radius 2 is 1.70 bits per heavy atom. The fourth-order valence-electron chi connectivity index (χ4n) is 4.09. The Kier molecular flexibility index (Phi) is 5.48. The summed E-state index contributed by atoms with van der Waals surface area (Å²) in [6.07, 6.45) is 2.93. The topological polar surface area (TPSA) is 75.3 Å². The average Bonchev–Trinajstić information content (AvgIpc) is 3.16. The first-order valence-electron chi connectivity index (χ1n) is 10.8. The van der Waals surface area contributed by atoms with Crippen LogP contribution >= 0.6 is 0 Å². The lowest BCUT2D eigenvalue weighted by atomic mass is 10.1. The molecule has 1 unspecified atom stereocenters. The van der Waals surface area contributed by atoms with Gasteiger partial charge >= 0.3 is 11.7 Å². The van der Waals surface area contributed by atoms with Crippen molar-refractivity contribution in [1.29, 1.82) is 0 Å². The molecule has 0 saturated carbocycles. The van der Waals surface area contributed by atoms with Gasteiger partial charge in [-0.25, -0.2) is 9.78 Å². The molecule has 6 heteroatoms. The fourth-order valence-corrected chi connectivity index (χ4v) is 4.09. The molecule has 0 aliphatic carbocycles. The van der Waals surface area contributed by atoms with E-state index in [9.17, 15) is 9.90 Å². The zero-order valence-electron chi connectivity index (χ0n) is 18.2. The van der Waals surface area contributed by atoms with Crippen molar-refractivity contribution < 1.29 is 19.2 Å². The molecule has 1 aromatic heterocycles. The number of nitrogens with one attached hydrogen (secondary N) is 1. The first-order chi connectivity index (χ1) is 16.1. The molecule has 0 saturated heterocycles. The van der Waals surface area contributed by atoms with Crippen LogP contribution in [-0.4, -0.2) is 29.1 Å². The number of ether oxygens (including phenoxy) is 1. The second kappa shape index (κ2) is 8.74. The van der Waals surface area contributed by atoms with Gasteiger partial charge in [-0.3, -0.25) is 5.32 Å². The van der Waals surface area contributed by atoms with E-state index in [-0.39, 0.29) is 17.7 Å². The summed E-state index contributed by atoms with van der Waals surface area (Å²) in [5.74, 6) is 1.69. The highest BCUT2D eigenvalue weighted by atomic mass is 16.5. The zero-order chi connectivity index (χ0) is 22.8. The summed E-state index contributed by atoms with van der Waals surface area (Å²) >= 11 is 0.